The molecule has 1 N–H and O–H groups in total. The van der Waals surface area contributed by atoms with Crippen molar-refractivity contribution in [2.75, 3.05) is 19.0 Å². The number of carbonyl (C=O) groups excluding carboxylic acids is 2. The Hall–Kier alpha value is -3.02. The zero-order chi connectivity index (χ0) is 18.2. The van der Waals surface area contributed by atoms with E-state index >= 15 is 0 Å². The molecular weight excluding hydrogens is 322 g/mol. The number of benzene rings is 2. The molecule has 0 aliphatic rings. The predicted molar refractivity (Wildman–Crippen MR) is 94.1 cm³/mol. The van der Waals surface area contributed by atoms with Crippen molar-refractivity contribution in [3.8, 4) is 11.5 Å². The Balaban J connectivity index is 1.93. The molecule has 0 heterocycles. The Morgan fingerprint density at radius 3 is 2.44 bits per heavy atom. The summed E-state index contributed by atoms with van der Waals surface area (Å²) in [6.45, 7) is 3.99. The first-order chi connectivity index (χ1) is 12.0. The Labute approximate surface area is 146 Å². The highest BCUT2D eigenvalue weighted by Crippen LogP contribution is 2.17. The van der Waals surface area contributed by atoms with Crippen molar-refractivity contribution in [3.63, 3.8) is 0 Å². The molecule has 2 rings (SSSR count). The standard InChI is InChI=1S/C19H21NO5/c1-4-24-16-10-8-15(9-11-16)20-18(21)13(2)25-19(22)14-6-5-7-17(12-14)23-3/h5-13H,4H2,1-3H3,(H,20,21)/t13-/m0/s1. The first-order valence-corrected chi connectivity index (χ1v) is 7.92. The van der Waals surface area contributed by atoms with Crippen LogP contribution >= 0.6 is 0 Å². The molecule has 6 heteroatoms. The van der Waals surface area contributed by atoms with Gasteiger partial charge in [0.1, 0.15) is 11.5 Å². The van der Waals surface area contributed by atoms with Gasteiger partial charge in [0.2, 0.25) is 0 Å². The van der Waals surface area contributed by atoms with E-state index in [-0.39, 0.29) is 0 Å². The zero-order valence-corrected chi connectivity index (χ0v) is 14.4. The molecule has 0 bridgehead atoms. The van der Waals surface area contributed by atoms with Crippen LogP contribution in [0.3, 0.4) is 0 Å². The SMILES string of the molecule is CCOc1ccc(NC(=O)[C@H](C)OC(=O)c2cccc(OC)c2)cc1. The molecule has 0 fully saturated rings. The molecule has 0 saturated heterocycles. The summed E-state index contributed by atoms with van der Waals surface area (Å²) in [5, 5.41) is 2.69. The fourth-order valence-electron chi connectivity index (χ4n) is 2.08. The van der Waals surface area contributed by atoms with Crippen molar-refractivity contribution in [1.29, 1.82) is 0 Å². The quantitative estimate of drug-likeness (QED) is 0.781. The lowest BCUT2D eigenvalue weighted by Crippen LogP contribution is -2.30. The number of anilines is 1. The first-order valence-electron chi connectivity index (χ1n) is 7.92. The van der Waals surface area contributed by atoms with Crippen molar-refractivity contribution >= 4 is 17.6 Å². The molecule has 0 aliphatic heterocycles. The second-order valence-electron chi connectivity index (χ2n) is 5.23. The molecule has 25 heavy (non-hydrogen) atoms. The predicted octanol–water partition coefficient (Wildman–Crippen LogP) is 3.28. The smallest absolute Gasteiger partial charge is 0.339 e. The normalized spacial score (nSPS) is 11.3. The largest absolute Gasteiger partial charge is 0.497 e. The molecule has 0 radical (unpaired) electrons. The molecule has 0 spiro atoms. The zero-order valence-electron chi connectivity index (χ0n) is 14.4. The van der Waals surface area contributed by atoms with Crippen molar-refractivity contribution < 1.29 is 23.8 Å². The molecule has 132 valence electrons. The highest BCUT2D eigenvalue weighted by atomic mass is 16.5. The number of ether oxygens (including phenoxy) is 3. The third-order valence-electron chi connectivity index (χ3n) is 3.39. The van der Waals surface area contributed by atoms with E-state index in [9.17, 15) is 9.59 Å². The number of amides is 1. The van der Waals surface area contributed by atoms with Crippen LogP contribution in [0.2, 0.25) is 0 Å². The van der Waals surface area contributed by atoms with E-state index < -0.39 is 18.0 Å². The minimum atomic E-state index is -0.940. The summed E-state index contributed by atoms with van der Waals surface area (Å²) in [6.07, 6.45) is -0.940. The molecule has 2 aromatic rings. The van der Waals surface area contributed by atoms with Gasteiger partial charge in [-0.2, -0.15) is 0 Å². The Morgan fingerprint density at radius 1 is 1.08 bits per heavy atom. The monoisotopic (exact) mass is 343 g/mol. The minimum Gasteiger partial charge on any atom is -0.497 e. The van der Waals surface area contributed by atoms with Crippen LogP contribution in [0.1, 0.15) is 24.2 Å². The highest BCUT2D eigenvalue weighted by molar-refractivity contribution is 5.97. The third-order valence-corrected chi connectivity index (χ3v) is 3.39. The molecule has 1 amide bonds. The van der Waals surface area contributed by atoms with Gasteiger partial charge in [-0.25, -0.2) is 4.79 Å². The summed E-state index contributed by atoms with van der Waals surface area (Å²) in [5.41, 5.74) is 0.915. The van der Waals surface area contributed by atoms with Crippen LogP contribution < -0.4 is 14.8 Å². The van der Waals surface area contributed by atoms with E-state index in [0.29, 0.717) is 23.6 Å². The second-order valence-corrected chi connectivity index (χ2v) is 5.23. The number of rotatable bonds is 7. The summed E-state index contributed by atoms with van der Waals surface area (Å²) in [5.74, 6) is 0.257. The fourth-order valence-corrected chi connectivity index (χ4v) is 2.08. The molecule has 1 atom stereocenters. The number of hydrogen-bond acceptors (Lipinski definition) is 5. The highest BCUT2D eigenvalue weighted by Gasteiger charge is 2.19. The van der Waals surface area contributed by atoms with Crippen molar-refractivity contribution in [2.24, 2.45) is 0 Å². The molecule has 0 unspecified atom stereocenters. The summed E-state index contributed by atoms with van der Waals surface area (Å²) in [6, 6.07) is 13.5. The van der Waals surface area contributed by atoms with Crippen LogP contribution in [0.5, 0.6) is 11.5 Å². The average Bonchev–Trinajstić information content (AvgIpc) is 2.63. The summed E-state index contributed by atoms with van der Waals surface area (Å²) in [7, 11) is 1.51. The lowest BCUT2D eigenvalue weighted by Gasteiger charge is -2.14. The second kappa shape index (κ2) is 8.73. The maximum atomic E-state index is 12.2. The molecule has 0 aromatic heterocycles. The number of nitrogens with one attached hydrogen (secondary N) is 1. The van der Waals surface area contributed by atoms with Crippen LogP contribution in [0.15, 0.2) is 48.5 Å². The molecule has 2 aromatic carbocycles. The summed E-state index contributed by atoms with van der Waals surface area (Å²) in [4.78, 5) is 24.3. The van der Waals surface area contributed by atoms with Gasteiger partial charge in [-0.05, 0) is 56.3 Å². The van der Waals surface area contributed by atoms with Gasteiger partial charge in [-0.3, -0.25) is 4.79 Å². The van der Waals surface area contributed by atoms with Crippen LogP contribution in [0.25, 0.3) is 0 Å². The number of esters is 1. The Bertz CT molecular complexity index is 727. The van der Waals surface area contributed by atoms with E-state index in [2.05, 4.69) is 5.32 Å². The summed E-state index contributed by atoms with van der Waals surface area (Å²) < 4.78 is 15.6. The van der Waals surface area contributed by atoms with Gasteiger partial charge in [0.25, 0.3) is 5.91 Å². The van der Waals surface area contributed by atoms with Crippen LogP contribution in [-0.2, 0) is 9.53 Å². The molecule has 6 nitrogen and oxygen atoms in total. The van der Waals surface area contributed by atoms with Gasteiger partial charge in [-0.15, -0.1) is 0 Å². The van der Waals surface area contributed by atoms with Gasteiger partial charge in [0.05, 0.1) is 19.3 Å². The first kappa shape index (κ1) is 18.3. The molecule has 0 aliphatic carbocycles. The third kappa shape index (κ3) is 5.24. The number of methoxy groups -OCH3 is 1. The van der Waals surface area contributed by atoms with Crippen LogP contribution in [0, 0.1) is 0 Å². The van der Waals surface area contributed by atoms with Crippen LogP contribution in [-0.4, -0.2) is 31.7 Å². The van der Waals surface area contributed by atoms with Gasteiger partial charge in [-0.1, -0.05) is 6.07 Å². The van der Waals surface area contributed by atoms with E-state index in [1.165, 1.54) is 14.0 Å². The Kier molecular flexibility index (Phi) is 6.39. The average molecular weight is 343 g/mol. The van der Waals surface area contributed by atoms with E-state index in [4.69, 9.17) is 14.2 Å². The topological polar surface area (TPSA) is 73.9 Å². The van der Waals surface area contributed by atoms with Crippen LogP contribution in [0.4, 0.5) is 5.69 Å². The lowest BCUT2D eigenvalue weighted by atomic mass is 10.2. The van der Waals surface area contributed by atoms with E-state index in [1.807, 2.05) is 6.92 Å². The van der Waals surface area contributed by atoms with Crippen molar-refractivity contribution in [3.05, 3.63) is 54.1 Å². The maximum Gasteiger partial charge on any atom is 0.339 e. The maximum absolute atomic E-state index is 12.2. The Morgan fingerprint density at radius 2 is 1.80 bits per heavy atom. The van der Waals surface area contributed by atoms with Gasteiger partial charge >= 0.3 is 5.97 Å². The molecular formula is C19H21NO5. The number of carbonyl (C=O) groups is 2. The fraction of sp³-hybridized carbons (Fsp3) is 0.263. The van der Waals surface area contributed by atoms with Gasteiger partial charge < -0.3 is 19.5 Å². The van der Waals surface area contributed by atoms with Gasteiger partial charge in [0.15, 0.2) is 6.10 Å². The van der Waals surface area contributed by atoms with Gasteiger partial charge in [0, 0.05) is 5.69 Å². The van der Waals surface area contributed by atoms with E-state index in [1.54, 1.807) is 48.5 Å². The van der Waals surface area contributed by atoms with Crippen molar-refractivity contribution in [1.82, 2.24) is 0 Å². The molecule has 0 saturated carbocycles. The summed E-state index contributed by atoms with van der Waals surface area (Å²) >= 11 is 0. The van der Waals surface area contributed by atoms with Crippen molar-refractivity contribution in [2.45, 2.75) is 20.0 Å². The lowest BCUT2D eigenvalue weighted by molar-refractivity contribution is -0.123. The minimum absolute atomic E-state index is 0.320. The number of hydrogen-bond donors (Lipinski definition) is 1. The van der Waals surface area contributed by atoms with E-state index in [0.717, 1.165) is 5.75 Å².